The molecule has 0 aliphatic carbocycles. The maximum atomic E-state index is 6.20. The number of pyridine rings is 1. The molecule has 1 aromatic rings. The lowest BCUT2D eigenvalue weighted by molar-refractivity contribution is 0.417. The lowest BCUT2D eigenvalue weighted by Crippen LogP contribution is -2.30. The predicted molar refractivity (Wildman–Crippen MR) is 83.9 cm³/mol. The third-order valence-corrected chi connectivity index (χ3v) is 3.03. The van der Waals surface area contributed by atoms with Crippen molar-refractivity contribution >= 4 is 17.4 Å². The van der Waals surface area contributed by atoms with Crippen LogP contribution in [0.4, 0.5) is 5.82 Å². The van der Waals surface area contributed by atoms with Crippen molar-refractivity contribution < 1.29 is 0 Å². The van der Waals surface area contributed by atoms with Crippen LogP contribution < -0.4 is 10.2 Å². The van der Waals surface area contributed by atoms with Gasteiger partial charge in [-0.25, -0.2) is 4.98 Å². The van der Waals surface area contributed by atoms with Gasteiger partial charge in [0.2, 0.25) is 0 Å². The molecule has 108 valence electrons. The molecule has 0 aromatic carbocycles. The first-order valence-electron chi connectivity index (χ1n) is 6.79. The average Bonchev–Trinajstić information content (AvgIpc) is 2.25. The Morgan fingerprint density at radius 2 is 1.95 bits per heavy atom. The minimum absolute atomic E-state index is 0.242. The lowest BCUT2D eigenvalue weighted by atomic mass is 9.96. The third-order valence-electron chi connectivity index (χ3n) is 2.68. The summed E-state index contributed by atoms with van der Waals surface area (Å²) in [7, 11) is 2.07. The fourth-order valence-corrected chi connectivity index (χ4v) is 2.07. The number of aromatic nitrogens is 1. The van der Waals surface area contributed by atoms with Gasteiger partial charge >= 0.3 is 0 Å². The van der Waals surface area contributed by atoms with E-state index in [2.05, 4.69) is 56.9 Å². The zero-order valence-electron chi connectivity index (χ0n) is 12.9. The van der Waals surface area contributed by atoms with E-state index in [4.69, 9.17) is 11.6 Å². The summed E-state index contributed by atoms with van der Waals surface area (Å²) in [6.07, 6.45) is 0. The number of hydrogen-bond acceptors (Lipinski definition) is 3. The van der Waals surface area contributed by atoms with Gasteiger partial charge in [-0.05, 0) is 17.5 Å². The number of anilines is 1. The van der Waals surface area contributed by atoms with E-state index in [1.807, 2.05) is 12.1 Å². The maximum Gasteiger partial charge on any atom is 0.128 e. The fourth-order valence-electron chi connectivity index (χ4n) is 1.90. The standard InChI is InChI=1S/C15H26ClN3/c1-11(2)17-9-13-12(16)7-8-14(18-13)19(6)10-15(3,4)5/h7-8,11,17H,9-10H2,1-6H3. The van der Waals surface area contributed by atoms with Crippen molar-refractivity contribution in [2.75, 3.05) is 18.5 Å². The molecule has 1 rings (SSSR count). The zero-order valence-corrected chi connectivity index (χ0v) is 13.7. The molecule has 0 radical (unpaired) electrons. The van der Waals surface area contributed by atoms with Crippen molar-refractivity contribution in [2.24, 2.45) is 5.41 Å². The van der Waals surface area contributed by atoms with Crippen LogP contribution in [0.15, 0.2) is 12.1 Å². The molecule has 1 heterocycles. The van der Waals surface area contributed by atoms with E-state index in [9.17, 15) is 0 Å². The number of halogens is 1. The zero-order chi connectivity index (χ0) is 14.6. The fraction of sp³-hybridized carbons (Fsp3) is 0.667. The molecule has 0 saturated carbocycles. The van der Waals surface area contributed by atoms with Crippen LogP contribution in [0.5, 0.6) is 0 Å². The van der Waals surface area contributed by atoms with Crippen LogP contribution >= 0.6 is 11.6 Å². The highest BCUT2D eigenvalue weighted by molar-refractivity contribution is 6.31. The van der Waals surface area contributed by atoms with Gasteiger partial charge < -0.3 is 10.2 Å². The molecule has 0 spiro atoms. The van der Waals surface area contributed by atoms with Gasteiger partial charge in [-0.1, -0.05) is 46.2 Å². The minimum atomic E-state index is 0.242. The highest BCUT2D eigenvalue weighted by Crippen LogP contribution is 2.22. The second-order valence-corrected chi connectivity index (χ2v) is 6.96. The minimum Gasteiger partial charge on any atom is -0.359 e. The van der Waals surface area contributed by atoms with Crippen LogP contribution in [0.1, 0.15) is 40.3 Å². The molecule has 0 bridgehead atoms. The van der Waals surface area contributed by atoms with Crippen LogP contribution in [-0.2, 0) is 6.54 Å². The molecule has 4 heteroatoms. The second kappa shape index (κ2) is 6.58. The Bertz CT molecular complexity index is 410. The molecule has 1 aromatic heterocycles. The molecule has 0 aliphatic rings. The van der Waals surface area contributed by atoms with Crippen molar-refractivity contribution in [3.63, 3.8) is 0 Å². The summed E-state index contributed by atoms with van der Waals surface area (Å²) in [5, 5.41) is 4.07. The van der Waals surface area contributed by atoms with E-state index in [1.165, 1.54) is 0 Å². The SMILES string of the molecule is CC(C)NCc1nc(N(C)CC(C)(C)C)ccc1Cl. The quantitative estimate of drug-likeness (QED) is 0.893. The molecule has 1 N–H and O–H groups in total. The molecular formula is C15H26ClN3. The summed E-state index contributed by atoms with van der Waals surface area (Å²) in [6.45, 7) is 12.6. The van der Waals surface area contributed by atoms with E-state index in [0.29, 0.717) is 12.6 Å². The van der Waals surface area contributed by atoms with Crippen LogP contribution in [0.3, 0.4) is 0 Å². The van der Waals surface area contributed by atoms with Crippen LogP contribution in [-0.4, -0.2) is 24.6 Å². The highest BCUT2D eigenvalue weighted by atomic mass is 35.5. The second-order valence-electron chi connectivity index (χ2n) is 6.55. The Labute approximate surface area is 122 Å². The number of nitrogens with one attached hydrogen (secondary N) is 1. The van der Waals surface area contributed by atoms with Gasteiger partial charge in [0.25, 0.3) is 0 Å². The van der Waals surface area contributed by atoms with Gasteiger partial charge in [0.1, 0.15) is 5.82 Å². The van der Waals surface area contributed by atoms with Crippen molar-refractivity contribution in [3.8, 4) is 0 Å². The van der Waals surface area contributed by atoms with Crippen LogP contribution in [0.25, 0.3) is 0 Å². The summed E-state index contributed by atoms with van der Waals surface area (Å²) in [5.41, 5.74) is 1.15. The molecule has 0 saturated heterocycles. The molecule has 0 atom stereocenters. The Morgan fingerprint density at radius 1 is 1.32 bits per heavy atom. The van der Waals surface area contributed by atoms with Crippen molar-refractivity contribution in [1.29, 1.82) is 0 Å². The molecule has 0 aliphatic heterocycles. The molecule has 3 nitrogen and oxygen atoms in total. The van der Waals surface area contributed by atoms with Crippen molar-refractivity contribution in [2.45, 2.75) is 47.2 Å². The predicted octanol–water partition coefficient (Wildman–Crippen LogP) is 3.72. The summed E-state index contributed by atoms with van der Waals surface area (Å²) in [5.74, 6) is 0.972. The monoisotopic (exact) mass is 283 g/mol. The maximum absolute atomic E-state index is 6.20. The third kappa shape index (κ3) is 5.79. The first-order valence-corrected chi connectivity index (χ1v) is 7.17. The topological polar surface area (TPSA) is 28.2 Å². The smallest absolute Gasteiger partial charge is 0.128 e. The van der Waals surface area contributed by atoms with E-state index < -0.39 is 0 Å². The lowest BCUT2D eigenvalue weighted by Gasteiger charge is -2.27. The highest BCUT2D eigenvalue weighted by Gasteiger charge is 2.15. The number of hydrogen-bond donors (Lipinski definition) is 1. The van der Waals surface area contributed by atoms with Gasteiger partial charge in [-0.3, -0.25) is 0 Å². The number of nitrogens with zero attached hydrogens (tertiary/aromatic N) is 2. The van der Waals surface area contributed by atoms with Gasteiger partial charge in [0, 0.05) is 26.2 Å². The molecule has 0 unspecified atom stereocenters. The van der Waals surface area contributed by atoms with Crippen LogP contribution in [0, 0.1) is 5.41 Å². The summed E-state index contributed by atoms with van der Waals surface area (Å²) >= 11 is 6.20. The van der Waals surface area contributed by atoms with Crippen molar-refractivity contribution in [3.05, 3.63) is 22.8 Å². The first-order chi connectivity index (χ1) is 8.69. The Morgan fingerprint density at radius 3 is 2.47 bits per heavy atom. The molecule has 19 heavy (non-hydrogen) atoms. The van der Waals surface area contributed by atoms with E-state index in [-0.39, 0.29) is 5.41 Å². The molecule has 0 fully saturated rings. The largest absolute Gasteiger partial charge is 0.359 e. The molecular weight excluding hydrogens is 258 g/mol. The van der Waals surface area contributed by atoms with Gasteiger partial charge in [-0.15, -0.1) is 0 Å². The average molecular weight is 284 g/mol. The first kappa shape index (κ1) is 16.3. The Kier molecular flexibility index (Phi) is 5.63. The Balaban J connectivity index is 2.83. The van der Waals surface area contributed by atoms with E-state index in [0.717, 1.165) is 23.1 Å². The van der Waals surface area contributed by atoms with E-state index >= 15 is 0 Å². The van der Waals surface area contributed by atoms with Gasteiger partial charge in [0.15, 0.2) is 0 Å². The number of rotatable bonds is 5. The summed E-state index contributed by atoms with van der Waals surface area (Å²) in [6, 6.07) is 4.33. The van der Waals surface area contributed by atoms with Crippen molar-refractivity contribution in [1.82, 2.24) is 10.3 Å². The van der Waals surface area contributed by atoms with Crippen LogP contribution in [0.2, 0.25) is 5.02 Å². The normalized spacial score (nSPS) is 12.0. The summed E-state index contributed by atoms with van der Waals surface area (Å²) in [4.78, 5) is 6.84. The van der Waals surface area contributed by atoms with Gasteiger partial charge in [0.05, 0.1) is 10.7 Å². The summed E-state index contributed by atoms with van der Waals surface area (Å²) < 4.78 is 0. The van der Waals surface area contributed by atoms with Gasteiger partial charge in [-0.2, -0.15) is 0 Å². The molecule has 0 amide bonds. The van der Waals surface area contributed by atoms with E-state index in [1.54, 1.807) is 0 Å². The Hall–Kier alpha value is -0.800.